The van der Waals surface area contributed by atoms with Crippen molar-refractivity contribution in [3.05, 3.63) is 40.9 Å². The largest absolute Gasteiger partial charge is 0.463 e. The van der Waals surface area contributed by atoms with Gasteiger partial charge >= 0.3 is 5.97 Å². The van der Waals surface area contributed by atoms with Crippen molar-refractivity contribution in [2.24, 2.45) is 5.92 Å². The van der Waals surface area contributed by atoms with E-state index in [2.05, 4.69) is 10.6 Å². The summed E-state index contributed by atoms with van der Waals surface area (Å²) >= 11 is 5.98. The lowest BCUT2D eigenvalue weighted by Gasteiger charge is -2.15. The van der Waals surface area contributed by atoms with Crippen molar-refractivity contribution < 1.29 is 19.1 Å². The smallest absolute Gasteiger partial charge is 0.330 e. The van der Waals surface area contributed by atoms with Crippen molar-refractivity contribution in [1.29, 1.82) is 0 Å². The standard InChI is InChI=1S/C18H21ClN2O4/c1-3-25-17(23)9-8-16(22)21-15-7-6-13(19)10-14(15)18(24)20-11(2)12-4-5-12/h6-12H,3-5H2,1-2H3,(H,20,24)(H,21,22). The summed E-state index contributed by atoms with van der Waals surface area (Å²) < 4.78 is 4.70. The Balaban J connectivity index is 2.08. The molecule has 7 heteroatoms. The van der Waals surface area contributed by atoms with Crippen molar-refractivity contribution in [2.75, 3.05) is 11.9 Å². The van der Waals surface area contributed by atoms with Gasteiger partial charge in [-0.05, 0) is 50.8 Å². The number of carbonyl (C=O) groups is 3. The van der Waals surface area contributed by atoms with E-state index in [4.69, 9.17) is 16.3 Å². The van der Waals surface area contributed by atoms with Crippen LogP contribution in [0.5, 0.6) is 0 Å². The van der Waals surface area contributed by atoms with Gasteiger partial charge in [-0.25, -0.2) is 4.79 Å². The summed E-state index contributed by atoms with van der Waals surface area (Å²) in [5.74, 6) is -0.940. The second-order valence-corrected chi connectivity index (χ2v) is 6.30. The molecule has 0 spiro atoms. The Hall–Kier alpha value is -2.34. The molecule has 1 unspecified atom stereocenters. The van der Waals surface area contributed by atoms with Crippen LogP contribution >= 0.6 is 11.6 Å². The molecule has 2 rings (SSSR count). The molecular weight excluding hydrogens is 344 g/mol. The first-order valence-corrected chi connectivity index (χ1v) is 8.54. The fraction of sp³-hybridized carbons (Fsp3) is 0.389. The van der Waals surface area contributed by atoms with Crippen molar-refractivity contribution in [3.63, 3.8) is 0 Å². The monoisotopic (exact) mass is 364 g/mol. The number of benzene rings is 1. The van der Waals surface area contributed by atoms with Gasteiger partial charge in [-0.2, -0.15) is 0 Å². The lowest BCUT2D eigenvalue weighted by molar-refractivity contribution is -0.137. The number of anilines is 1. The van der Waals surface area contributed by atoms with Gasteiger partial charge in [-0.1, -0.05) is 11.6 Å². The summed E-state index contributed by atoms with van der Waals surface area (Å²) in [6, 6.07) is 4.70. The zero-order valence-corrected chi connectivity index (χ0v) is 14.9. The number of halogens is 1. The highest BCUT2D eigenvalue weighted by Gasteiger charge is 2.29. The zero-order valence-electron chi connectivity index (χ0n) is 14.2. The maximum Gasteiger partial charge on any atom is 0.330 e. The fourth-order valence-corrected chi connectivity index (χ4v) is 2.49. The van der Waals surface area contributed by atoms with E-state index >= 15 is 0 Å². The van der Waals surface area contributed by atoms with Crippen LogP contribution in [0.2, 0.25) is 5.02 Å². The molecule has 2 N–H and O–H groups in total. The van der Waals surface area contributed by atoms with E-state index in [0.29, 0.717) is 16.6 Å². The molecule has 6 nitrogen and oxygen atoms in total. The Labute approximate surface area is 151 Å². The third-order valence-electron chi connectivity index (χ3n) is 3.83. The first-order chi connectivity index (χ1) is 11.9. The van der Waals surface area contributed by atoms with Gasteiger partial charge in [0.2, 0.25) is 5.91 Å². The zero-order chi connectivity index (χ0) is 18.4. The molecule has 1 aliphatic rings. The maximum atomic E-state index is 12.5. The molecule has 0 bridgehead atoms. The van der Waals surface area contributed by atoms with Gasteiger partial charge in [0.25, 0.3) is 5.91 Å². The predicted molar refractivity (Wildman–Crippen MR) is 95.5 cm³/mol. The Kier molecular flexibility index (Phi) is 6.58. The Bertz CT molecular complexity index is 698. The SMILES string of the molecule is CCOC(=O)C=CC(=O)Nc1ccc(Cl)cc1C(=O)NC(C)C1CC1. The Morgan fingerprint density at radius 2 is 2.04 bits per heavy atom. The van der Waals surface area contributed by atoms with Crippen LogP contribution in [0.3, 0.4) is 0 Å². The number of carbonyl (C=O) groups excluding carboxylic acids is 3. The van der Waals surface area contributed by atoms with Crippen molar-refractivity contribution in [1.82, 2.24) is 5.32 Å². The second kappa shape index (κ2) is 8.67. The minimum Gasteiger partial charge on any atom is -0.463 e. The lowest BCUT2D eigenvalue weighted by atomic mass is 10.1. The summed E-state index contributed by atoms with van der Waals surface area (Å²) in [5, 5.41) is 5.90. The number of nitrogens with one attached hydrogen (secondary N) is 2. The molecule has 1 aromatic carbocycles. The van der Waals surface area contributed by atoms with E-state index in [1.165, 1.54) is 6.07 Å². The topological polar surface area (TPSA) is 84.5 Å². The normalized spacial score (nSPS) is 14.8. The van der Waals surface area contributed by atoms with Crippen molar-refractivity contribution >= 4 is 35.1 Å². The molecule has 0 radical (unpaired) electrons. The van der Waals surface area contributed by atoms with Crippen LogP contribution in [0.1, 0.15) is 37.0 Å². The lowest BCUT2D eigenvalue weighted by Crippen LogP contribution is -2.34. The highest BCUT2D eigenvalue weighted by atomic mass is 35.5. The molecule has 0 aromatic heterocycles. The molecular formula is C18H21ClN2O4. The van der Waals surface area contributed by atoms with Gasteiger partial charge in [0.1, 0.15) is 0 Å². The van der Waals surface area contributed by atoms with E-state index in [1.54, 1.807) is 19.1 Å². The summed E-state index contributed by atoms with van der Waals surface area (Å²) in [6.07, 6.45) is 4.31. The first kappa shape index (κ1) is 19.0. The maximum absolute atomic E-state index is 12.5. The molecule has 2 amide bonds. The third-order valence-corrected chi connectivity index (χ3v) is 4.06. The van der Waals surface area contributed by atoms with Crippen molar-refractivity contribution in [3.8, 4) is 0 Å². The molecule has 25 heavy (non-hydrogen) atoms. The number of hydrogen-bond donors (Lipinski definition) is 2. The highest BCUT2D eigenvalue weighted by Crippen LogP contribution is 2.32. The molecule has 134 valence electrons. The summed E-state index contributed by atoms with van der Waals surface area (Å²) in [6.45, 7) is 3.86. The van der Waals surface area contributed by atoms with Crippen LogP contribution in [-0.4, -0.2) is 30.4 Å². The highest BCUT2D eigenvalue weighted by molar-refractivity contribution is 6.31. The Morgan fingerprint density at radius 3 is 2.68 bits per heavy atom. The van der Waals surface area contributed by atoms with Gasteiger partial charge in [-0.3, -0.25) is 9.59 Å². The summed E-state index contributed by atoms with van der Waals surface area (Å²) in [5.41, 5.74) is 0.598. The minimum atomic E-state index is -0.606. The number of hydrogen-bond acceptors (Lipinski definition) is 4. The minimum absolute atomic E-state index is 0.0683. The van der Waals surface area contributed by atoms with Gasteiger partial charge in [0, 0.05) is 23.2 Å². The van der Waals surface area contributed by atoms with E-state index < -0.39 is 11.9 Å². The average Bonchev–Trinajstić information content (AvgIpc) is 3.40. The van der Waals surface area contributed by atoms with E-state index in [9.17, 15) is 14.4 Å². The number of ether oxygens (including phenoxy) is 1. The Morgan fingerprint density at radius 1 is 1.32 bits per heavy atom. The molecule has 1 saturated carbocycles. The van der Waals surface area contributed by atoms with E-state index in [-0.39, 0.29) is 24.1 Å². The molecule has 0 saturated heterocycles. The predicted octanol–water partition coefficient (Wildman–Crippen LogP) is 2.93. The molecule has 0 heterocycles. The van der Waals surface area contributed by atoms with Crippen LogP contribution in [-0.2, 0) is 14.3 Å². The van der Waals surface area contributed by atoms with E-state index in [1.807, 2.05) is 6.92 Å². The van der Waals surface area contributed by atoms with Crippen LogP contribution in [0.4, 0.5) is 5.69 Å². The fourth-order valence-electron chi connectivity index (χ4n) is 2.32. The molecule has 1 aromatic rings. The van der Waals surface area contributed by atoms with Crippen LogP contribution in [0.15, 0.2) is 30.4 Å². The van der Waals surface area contributed by atoms with Crippen LogP contribution in [0, 0.1) is 5.92 Å². The molecule has 1 aliphatic carbocycles. The first-order valence-electron chi connectivity index (χ1n) is 8.17. The third kappa shape index (κ3) is 5.90. The molecule has 1 fully saturated rings. The van der Waals surface area contributed by atoms with Crippen LogP contribution in [0.25, 0.3) is 0 Å². The number of rotatable bonds is 7. The van der Waals surface area contributed by atoms with Crippen molar-refractivity contribution in [2.45, 2.75) is 32.7 Å². The van der Waals surface area contributed by atoms with Gasteiger partial charge < -0.3 is 15.4 Å². The quantitative estimate of drug-likeness (QED) is 0.575. The summed E-state index contributed by atoms with van der Waals surface area (Å²) in [4.78, 5) is 35.7. The average molecular weight is 365 g/mol. The number of esters is 1. The molecule has 0 aliphatic heterocycles. The summed E-state index contributed by atoms with van der Waals surface area (Å²) in [7, 11) is 0. The number of amides is 2. The second-order valence-electron chi connectivity index (χ2n) is 5.86. The van der Waals surface area contributed by atoms with Gasteiger partial charge in [-0.15, -0.1) is 0 Å². The van der Waals surface area contributed by atoms with Crippen LogP contribution < -0.4 is 10.6 Å². The molecule has 1 atom stereocenters. The van der Waals surface area contributed by atoms with Gasteiger partial charge in [0.05, 0.1) is 17.9 Å². The van der Waals surface area contributed by atoms with E-state index in [0.717, 1.165) is 25.0 Å². The van der Waals surface area contributed by atoms with Gasteiger partial charge in [0.15, 0.2) is 0 Å².